The zero-order valence-electron chi connectivity index (χ0n) is 25.8. The molecular formula is C44H26N4. The summed E-state index contributed by atoms with van der Waals surface area (Å²) in [5.41, 5.74) is 11.2. The third-order valence-corrected chi connectivity index (χ3v) is 9.57. The number of fused-ring (bicyclic) bond motifs is 6. The molecule has 0 fully saturated rings. The first-order chi connectivity index (χ1) is 23.8. The Labute approximate surface area is 279 Å². The average molecular weight is 611 g/mol. The molecular weight excluding hydrogens is 585 g/mol. The van der Waals surface area contributed by atoms with Gasteiger partial charge in [-0.3, -0.25) is 19.9 Å². The van der Waals surface area contributed by atoms with Gasteiger partial charge in [-0.1, -0.05) is 84.3 Å². The van der Waals surface area contributed by atoms with Crippen molar-refractivity contribution in [2.45, 2.75) is 10.8 Å². The zero-order valence-corrected chi connectivity index (χ0v) is 25.8. The number of pyridine rings is 4. The molecule has 0 aliphatic heterocycles. The summed E-state index contributed by atoms with van der Waals surface area (Å²) in [6.45, 7) is 0. The normalized spacial score (nSPS) is 13.8. The predicted octanol–water partition coefficient (Wildman–Crippen LogP) is 8.00. The number of aromatic nitrogens is 4. The fourth-order valence-corrected chi connectivity index (χ4v) is 7.42. The zero-order chi connectivity index (χ0) is 32.0. The Kier molecular flexibility index (Phi) is 6.35. The van der Waals surface area contributed by atoms with Gasteiger partial charge < -0.3 is 0 Å². The molecule has 0 saturated heterocycles. The summed E-state index contributed by atoms with van der Waals surface area (Å²) in [6.07, 6.45) is 15.1. The Morgan fingerprint density at radius 3 is 0.979 bits per heavy atom. The fourth-order valence-electron chi connectivity index (χ4n) is 7.42. The van der Waals surface area contributed by atoms with Crippen molar-refractivity contribution in [1.82, 2.24) is 19.9 Å². The number of rotatable bonds is 2. The maximum atomic E-state index is 4.49. The second-order valence-corrected chi connectivity index (χ2v) is 12.0. The van der Waals surface area contributed by atoms with Crippen molar-refractivity contribution < 1.29 is 0 Å². The van der Waals surface area contributed by atoms with Gasteiger partial charge in [0.2, 0.25) is 0 Å². The van der Waals surface area contributed by atoms with E-state index in [9.17, 15) is 0 Å². The lowest BCUT2D eigenvalue weighted by Crippen LogP contribution is -2.27. The molecule has 3 aromatic carbocycles. The summed E-state index contributed by atoms with van der Waals surface area (Å²) >= 11 is 0. The number of nitrogens with zero attached hydrogens (tertiary/aromatic N) is 4. The van der Waals surface area contributed by atoms with Crippen LogP contribution in [-0.4, -0.2) is 19.9 Å². The molecule has 0 radical (unpaired) electrons. The Morgan fingerprint density at radius 2 is 0.667 bits per heavy atom. The third-order valence-electron chi connectivity index (χ3n) is 9.57. The second kappa shape index (κ2) is 11.0. The molecule has 0 amide bonds. The van der Waals surface area contributed by atoms with Gasteiger partial charge in [0.15, 0.2) is 0 Å². The van der Waals surface area contributed by atoms with E-state index < -0.39 is 10.8 Å². The lowest BCUT2D eigenvalue weighted by molar-refractivity contribution is 0.812. The molecule has 4 nitrogen and oxygen atoms in total. The van der Waals surface area contributed by atoms with Gasteiger partial charge in [-0.2, -0.15) is 0 Å². The van der Waals surface area contributed by atoms with Gasteiger partial charge in [-0.15, -0.1) is 0 Å². The molecule has 0 bridgehead atoms. The summed E-state index contributed by atoms with van der Waals surface area (Å²) in [5, 5.41) is 0. The second-order valence-electron chi connectivity index (χ2n) is 12.0. The van der Waals surface area contributed by atoms with Crippen LogP contribution in [0.5, 0.6) is 0 Å². The van der Waals surface area contributed by atoms with Crippen molar-refractivity contribution in [2.24, 2.45) is 0 Å². The van der Waals surface area contributed by atoms with Crippen molar-refractivity contribution in [2.75, 3.05) is 0 Å². The van der Waals surface area contributed by atoms with Gasteiger partial charge >= 0.3 is 0 Å². The van der Waals surface area contributed by atoms with Crippen LogP contribution in [0.3, 0.4) is 0 Å². The molecule has 4 aromatic heterocycles. The summed E-state index contributed by atoms with van der Waals surface area (Å²) in [4.78, 5) is 18.0. The molecule has 0 atom stereocenters. The SMILES string of the molecule is C(#CC1(c2ccc(C3(C#Cc4ccccc4)c4ccncc4-c4cnccc43)cc2)c2ccncc2-c2cnccc21)c1ccccc1. The minimum Gasteiger partial charge on any atom is -0.264 e. The highest BCUT2D eigenvalue weighted by Crippen LogP contribution is 2.54. The Hall–Kier alpha value is -6.62. The topological polar surface area (TPSA) is 51.6 Å². The molecule has 0 saturated carbocycles. The highest BCUT2D eigenvalue weighted by atomic mass is 14.7. The van der Waals surface area contributed by atoms with Gasteiger partial charge in [0.25, 0.3) is 0 Å². The highest BCUT2D eigenvalue weighted by Gasteiger charge is 2.46. The summed E-state index contributed by atoms with van der Waals surface area (Å²) < 4.78 is 0. The molecule has 222 valence electrons. The first-order valence-corrected chi connectivity index (χ1v) is 15.9. The number of benzene rings is 3. The maximum Gasteiger partial charge on any atom is 0.108 e. The first kappa shape index (κ1) is 27.7. The van der Waals surface area contributed by atoms with Crippen LogP contribution in [0.25, 0.3) is 22.3 Å². The summed E-state index contributed by atoms with van der Waals surface area (Å²) in [7, 11) is 0. The first-order valence-electron chi connectivity index (χ1n) is 15.9. The van der Waals surface area contributed by atoms with E-state index in [-0.39, 0.29) is 0 Å². The van der Waals surface area contributed by atoms with Gasteiger partial charge in [-0.05, 0) is 81.9 Å². The maximum absolute atomic E-state index is 4.49. The molecule has 0 N–H and O–H groups in total. The van der Waals surface area contributed by atoms with Crippen molar-refractivity contribution >= 4 is 0 Å². The lowest BCUT2D eigenvalue weighted by atomic mass is 9.70. The van der Waals surface area contributed by atoms with E-state index in [2.05, 4.69) is 92.1 Å². The summed E-state index contributed by atoms with van der Waals surface area (Å²) in [6, 6.07) is 37.6. The van der Waals surface area contributed by atoms with Crippen LogP contribution in [0.1, 0.15) is 44.5 Å². The van der Waals surface area contributed by atoms with E-state index >= 15 is 0 Å². The molecule has 0 unspecified atom stereocenters. The monoisotopic (exact) mass is 610 g/mol. The van der Waals surface area contributed by atoms with Crippen molar-refractivity contribution in [3.63, 3.8) is 0 Å². The minimum absolute atomic E-state index is 0.729. The molecule has 48 heavy (non-hydrogen) atoms. The minimum atomic E-state index is -0.729. The molecule has 0 spiro atoms. The molecule has 9 rings (SSSR count). The summed E-state index contributed by atoms with van der Waals surface area (Å²) in [5.74, 6) is 14.6. The van der Waals surface area contributed by atoms with Gasteiger partial charge in [0.05, 0.1) is 0 Å². The average Bonchev–Trinajstić information content (AvgIpc) is 3.62. The van der Waals surface area contributed by atoms with Crippen LogP contribution >= 0.6 is 0 Å². The standard InChI is InChI=1S/C44H26N4/c1-3-7-31(8-4-1)15-21-43(39-17-23-45-27-35(39)36-28-46-24-18-40(36)43)33-11-13-34(14-12-33)44(22-16-32-9-5-2-6-10-32)41-19-25-47-29-37(41)38-30-48-26-20-42(38)44/h1-14,17-20,23-30H. The van der Waals surface area contributed by atoms with Crippen molar-refractivity contribution in [3.8, 4) is 45.9 Å². The third kappa shape index (κ3) is 4.07. The van der Waals surface area contributed by atoms with Crippen LogP contribution in [0.2, 0.25) is 0 Å². The van der Waals surface area contributed by atoms with Crippen LogP contribution in [0, 0.1) is 23.7 Å². The van der Waals surface area contributed by atoms with Gasteiger partial charge in [0.1, 0.15) is 10.8 Å². The quantitative estimate of drug-likeness (QED) is 0.186. The molecule has 7 aromatic rings. The van der Waals surface area contributed by atoms with Crippen LogP contribution < -0.4 is 0 Å². The van der Waals surface area contributed by atoms with E-state index in [1.807, 2.05) is 110 Å². The molecule has 2 aliphatic carbocycles. The molecule has 4 heterocycles. The van der Waals surface area contributed by atoms with Crippen LogP contribution in [-0.2, 0) is 10.8 Å². The lowest BCUT2D eigenvalue weighted by Gasteiger charge is -2.30. The Bertz CT molecular complexity index is 2200. The van der Waals surface area contributed by atoms with E-state index in [4.69, 9.17) is 0 Å². The van der Waals surface area contributed by atoms with Crippen LogP contribution in [0.15, 0.2) is 159 Å². The smallest absolute Gasteiger partial charge is 0.108 e. The molecule has 4 heteroatoms. The highest BCUT2D eigenvalue weighted by molar-refractivity contribution is 5.87. The van der Waals surface area contributed by atoms with E-state index in [1.165, 1.54) is 0 Å². The predicted molar refractivity (Wildman–Crippen MR) is 188 cm³/mol. The number of hydrogen-bond acceptors (Lipinski definition) is 4. The number of hydrogen-bond donors (Lipinski definition) is 0. The molecule has 2 aliphatic rings. The Morgan fingerprint density at radius 1 is 0.354 bits per heavy atom. The van der Waals surface area contributed by atoms with Gasteiger partial charge in [-0.25, -0.2) is 0 Å². The van der Waals surface area contributed by atoms with Crippen LogP contribution in [0.4, 0.5) is 0 Å². The largest absolute Gasteiger partial charge is 0.264 e. The fraction of sp³-hybridized carbons (Fsp3) is 0.0455. The Balaban J connectivity index is 1.29. The van der Waals surface area contributed by atoms with E-state index in [0.717, 1.165) is 66.8 Å². The van der Waals surface area contributed by atoms with E-state index in [1.54, 1.807) is 0 Å². The van der Waals surface area contributed by atoms with E-state index in [0.29, 0.717) is 0 Å². The van der Waals surface area contributed by atoms with Crippen molar-refractivity contribution in [1.29, 1.82) is 0 Å². The van der Waals surface area contributed by atoms with Crippen molar-refractivity contribution in [3.05, 3.63) is 203 Å². The van der Waals surface area contributed by atoms with Gasteiger partial charge in [0, 0.05) is 83.0 Å².